The minimum Gasteiger partial charge on any atom is -0.472 e. The summed E-state index contributed by atoms with van der Waals surface area (Å²) in [4.78, 5) is 19.5. The van der Waals surface area contributed by atoms with E-state index in [0.29, 0.717) is 46.1 Å². The number of hydrogen-bond acceptors (Lipinski definition) is 8. The fourth-order valence-corrected chi connectivity index (χ4v) is 9.73. The number of hydrogen-bond donors (Lipinski definition) is 1. The number of halogens is 2. The number of anilines is 1. The predicted octanol–water partition coefficient (Wildman–Crippen LogP) is 5.06. The molecule has 4 aromatic rings. The molecule has 46 heavy (non-hydrogen) atoms. The van der Waals surface area contributed by atoms with Crippen molar-refractivity contribution in [1.82, 2.24) is 25.2 Å². The Bertz CT molecular complexity index is 2010. The molecule has 4 saturated heterocycles. The van der Waals surface area contributed by atoms with Gasteiger partial charge in [-0.05, 0) is 68.9 Å². The van der Waals surface area contributed by atoms with E-state index >= 15 is 4.39 Å². The van der Waals surface area contributed by atoms with Gasteiger partial charge in [0, 0.05) is 36.1 Å². The molecule has 5 fully saturated rings. The molecule has 2 bridgehead atoms. The van der Waals surface area contributed by atoms with Crippen LogP contribution >= 0.6 is 0 Å². The normalized spacial score (nSPS) is 32.1. The highest BCUT2D eigenvalue weighted by atomic mass is 19.1. The van der Waals surface area contributed by atoms with Crippen LogP contribution in [-0.4, -0.2) is 75.9 Å². The van der Waals surface area contributed by atoms with E-state index < -0.39 is 11.6 Å². The van der Waals surface area contributed by atoms with Crippen LogP contribution in [-0.2, 0) is 0 Å². The number of piperidine rings is 1. The summed E-state index contributed by atoms with van der Waals surface area (Å²) in [5.74, 6) is 3.57. The van der Waals surface area contributed by atoms with Gasteiger partial charge in [-0.25, -0.2) is 13.8 Å². The number of aromatic nitrogens is 3. The van der Waals surface area contributed by atoms with Crippen molar-refractivity contribution in [2.75, 3.05) is 31.1 Å². The van der Waals surface area contributed by atoms with E-state index in [2.05, 4.69) is 21.0 Å². The first-order valence-corrected chi connectivity index (χ1v) is 16.6. The molecule has 10 heteroatoms. The summed E-state index contributed by atoms with van der Waals surface area (Å²) in [5, 5.41) is 5.31. The zero-order valence-electron chi connectivity index (χ0n) is 25.6. The second-order valence-electron chi connectivity index (χ2n) is 14.2. The second-order valence-corrected chi connectivity index (χ2v) is 14.2. The maximum atomic E-state index is 17.1. The number of benzene rings is 2. The molecule has 0 radical (unpaired) electrons. The highest BCUT2D eigenvalue weighted by molar-refractivity contribution is 6.03. The van der Waals surface area contributed by atoms with Gasteiger partial charge in [-0.1, -0.05) is 30.2 Å². The number of ether oxygens (including phenoxy) is 2. The fourth-order valence-electron chi connectivity index (χ4n) is 9.73. The van der Waals surface area contributed by atoms with Crippen molar-refractivity contribution in [3.8, 4) is 35.5 Å². The van der Waals surface area contributed by atoms with Gasteiger partial charge in [0.05, 0.1) is 17.1 Å². The van der Waals surface area contributed by atoms with E-state index in [0.717, 1.165) is 51.2 Å². The summed E-state index contributed by atoms with van der Waals surface area (Å²) < 4.78 is 45.2. The average Bonchev–Trinajstić information content (AvgIpc) is 3.44. The van der Waals surface area contributed by atoms with Crippen LogP contribution in [0.5, 0.6) is 11.9 Å². The van der Waals surface area contributed by atoms with Crippen molar-refractivity contribution in [2.24, 2.45) is 11.8 Å². The molecule has 6 aliphatic rings. The predicted molar refractivity (Wildman–Crippen MR) is 170 cm³/mol. The standard InChI is InChI=1S/C36H34F2N6O2/c1-3-22-25(37)10-8-19-6-4-7-23(27(19)22)30-29(38)31-28-33(44-16-21-9-11-26(39-21)32(44)18(2)46-34(28)40-30)42-35(41-31)45-17-36-12-5-13-43(36)15-20-14-24(20)36/h1,4,6-8,10,18,20-21,24,26,32,39H,5,9,11-17H2,2H3/t18?,20-,21?,24-,26?,32?,36-/m0/s1. The fraction of sp³-hybridized carbons (Fsp3) is 0.472. The van der Waals surface area contributed by atoms with Crippen LogP contribution < -0.4 is 19.7 Å². The van der Waals surface area contributed by atoms with Crippen molar-refractivity contribution < 1.29 is 18.3 Å². The molecule has 1 aliphatic carbocycles. The third kappa shape index (κ3) is 3.64. The van der Waals surface area contributed by atoms with Crippen LogP contribution in [0.1, 0.15) is 44.6 Å². The third-order valence-electron chi connectivity index (χ3n) is 11.8. The number of nitrogens with one attached hydrogen (secondary N) is 1. The SMILES string of the molecule is C#Cc1c(F)ccc2cccc(-c3nc4c5c(nc(OC[C@]67CCCN6C[C@@H]6C[C@@H]67)nc5c3F)N3CC5CCC(N5)C3C(C)O4)c12. The number of piperazine rings is 1. The Morgan fingerprint density at radius 1 is 1.13 bits per heavy atom. The van der Waals surface area contributed by atoms with E-state index in [1.165, 1.54) is 12.5 Å². The number of rotatable bonds is 4. The maximum absolute atomic E-state index is 17.1. The number of terminal acetylenes is 1. The highest BCUT2D eigenvalue weighted by Gasteiger charge is 2.64. The lowest BCUT2D eigenvalue weighted by Gasteiger charge is -2.42. The molecule has 7 heterocycles. The van der Waals surface area contributed by atoms with Gasteiger partial charge in [-0.3, -0.25) is 4.90 Å². The summed E-state index contributed by atoms with van der Waals surface area (Å²) >= 11 is 0. The van der Waals surface area contributed by atoms with Crippen molar-refractivity contribution in [3.63, 3.8) is 0 Å². The van der Waals surface area contributed by atoms with E-state index in [1.807, 2.05) is 13.0 Å². The van der Waals surface area contributed by atoms with E-state index in [1.54, 1.807) is 18.2 Å². The molecule has 5 aliphatic heterocycles. The monoisotopic (exact) mass is 620 g/mol. The van der Waals surface area contributed by atoms with Crippen LogP contribution in [0.25, 0.3) is 32.9 Å². The van der Waals surface area contributed by atoms with Gasteiger partial charge in [-0.15, -0.1) is 6.42 Å². The minimum absolute atomic E-state index is 0.00898. The van der Waals surface area contributed by atoms with Crippen molar-refractivity contribution in [1.29, 1.82) is 0 Å². The van der Waals surface area contributed by atoms with E-state index in [9.17, 15) is 4.39 Å². The molecule has 1 saturated carbocycles. The summed E-state index contributed by atoms with van der Waals surface area (Å²) in [6.45, 7) is 5.48. The van der Waals surface area contributed by atoms with Gasteiger partial charge < -0.3 is 19.7 Å². The van der Waals surface area contributed by atoms with Crippen LogP contribution in [0, 0.1) is 35.8 Å². The minimum atomic E-state index is -0.636. The highest BCUT2D eigenvalue weighted by Crippen LogP contribution is 2.59. The summed E-state index contributed by atoms with van der Waals surface area (Å²) in [5.41, 5.74) is 0.558. The Labute approximate surface area is 265 Å². The molecule has 8 nitrogen and oxygen atoms in total. The van der Waals surface area contributed by atoms with Crippen LogP contribution in [0.4, 0.5) is 14.6 Å². The largest absolute Gasteiger partial charge is 0.472 e. The molecule has 1 N–H and O–H groups in total. The summed E-state index contributed by atoms with van der Waals surface area (Å²) in [6.07, 6.45) is 11.1. The third-order valence-corrected chi connectivity index (χ3v) is 11.8. The van der Waals surface area contributed by atoms with Gasteiger partial charge in [0.25, 0.3) is 0 Å². The second kappa shape index (κ2) is 9.49. The number of fused-ring (bicyclic) bond motifs is 9. The van der Waals surface area contributed by atoms with Crippen molar-refractivity contribution in [3.05, 3.63) is 47.5 Å². The van der Waals surface area contributed by atoms with E-state index in [-0.39, 0.29) is 52.4 Å². The van der Waals surface area contributed by atoms with Crippen LogP contribution in [0.3, 0.4) is 0 Å². The Morgan fingerprint density at radius 2 is 2.04 bits per heavy atom. The number of pyridine rings is 1. The molecule has 0 spiro atoms. The summed E-state index contributed by atoms with van der Waals surface area (Å²) in [6, 6.07) is 8.98. The van der Waals surface area contributed by atoms with Gasteiger partial charge in [-0.2, -0.15) is 9.97 Å². The van der Waals surface area contributed by atoms with Gasteiger partial charge in [0.1, 0.15) is 40.9 Å². The Hall–Kier alpha value is -4.07. The molecule has 2 aromatic carbocycles. The molecule has 7 atom stereocenters. The zero-order valence-corrected chi connectivity index (χ0v) is 25.6. The van der Waals surface area contributed by atoms with E-state index in [4.69, 9.17) is 30.8 Å². The molecular weight excluding hydrogens is 586 g/mol. The van der Waals surface area contributed by atoms with Crippen LogP contribution in [0.15, 0.2) is 30.3 Å². The lowest BCUT2D eigenvalue weighted by Crippen LogP contribution is -2.62. The Morgan fingerprint density at radius 3 is 2.93 bits per heavy atom. The quantitative estimate of drug-likeness (QED) is 0.318. The first kappa shape index (κ1) is 27.1. The Balaban J connectivity index is 1.18. The topological polar surface area (TPSA) is 75.6 Å². The van der Waals surface area contributed by atoms with Crippen molar-refractivity contribution >= 4 is 27.5 Å². The Kier molecular flexibility index (Phi) is 5.59. The average molecular weight is 621 g/mol. The maximum Gasteiger partial charge on any atom is 0.319 e. The van der Waals surface area contributed by atoms with Crippen LogP contribution in [0.2, 0.25) is 0 Å². The van der Waals surface area contributed by atoms with Gasteiger partial charge >= 0.3 is 6.01 Å². The molecule has 0 amide bonds. The van der Waals surface area contributed by atoms with Gasteiger partial charge in [0.2, 0.25) is 5.88 Å². The zero-order chi connectivity index (χ0) is 30.9. The lowest BCUT2D eigenvalue weighted by atomic mass is 9.92. The molecule has 4 unspecified atom stereocenters. The molecule has 2 aromatic heterocycles. The van der Waals surface area contributed by atoms with Gasteiger partial charge in [0.15, 0.2) is 5.82 Å². The lowest BCUT2D eigenvalue weighted by molar-refractivity contribution is 0.0829. The summed E-state index contributed by atoms with van der Waals surface area (Å²) in [7, 11) is 0. The van der Waals surface area contributed by atoms with Crippen molar-refractivity contribution in [2.45, 2.75) is 68.8 Å². The molecule has 234 valence electrons. The molecule has 10 rings (SSSR count). The number of nitrogens with zero attached hydrogens (tertiary/aromatic N) is 5. The smallest absolute Gasteiger partial charge is 0.319 e. The first-order valence-electron chi connectivity index (χ1n) is 16.6. The molecular formula is C36H34F2N6O2. The first-order chi connectivity index (χ1) is 22.4.